The van der Waals surface area contributed by atoms with Crippen molar-refractivity contribution in [3.8, 4) is 5.75 Å². The first-order valence-corrected chi connectivity index (χ1v) is 17.1. The van der Waals surface area contributed by atoms with Crippen molar-refractivity contribution in [1.82, 2.24) is 24.4 Å². The number of fused-ring (bicyclic) bond motifs is 2. The predicted molar refractivity (Wildman–Crippen MR) is 176 cm³/mol. The largest absolute Gasteiger partial charge is 0.497 e. The summed E-state index contributed by atoms with van der Waals surface area (Å²) in [6.45, 7) is 10.4. The minimum absolute atomic E-state index is 0.0536. The summed E-state index contributed by atoms with van der Waals surface area (Å²) in [6, 6.07) is 4.55. The molecule has 0 radical (unpaired) electrons. The Bertz CT molecular complexity index is 1900. The topological polar surface area (TPSA) is 241 Å². The zero-order valence-electron chi connectivity index (χ0n) is 27.7. The molecule has 4 aromatic rings. The summed E-state index contributed by atoms with van der Waals surface area (Å²) in [4.78, 5) is 59.9. The maximum atomic E-state index is 12.7. The standard InChI is InChI=1S/C24H26N5O12P.C6H15N/c1-3-16(30)26-24-27-21-17(22(34)28-24)25-10-29(21)23-20(33)19(32)15(41-23)9-40-42(35,36)39-8-11-7-38-14-6-12(37-2)4-5-13(14)18(11)31;1-4-7(5-2)6-3/h4-7,10,15,19-20,23,32-33H,3,8-9H2,1-2H3,(H,35,36)(H2,26,27,28,30,34);4-6H2,1-3H3/t15-,19-,20-,23-;/m1./s1. The van der Waals surface area contributed by atoms with Gasteiger partial charge in [0.05, 0.1) is 37.6 Å². The summed E-state index contributed by atoms with van der Waals surface area (Å²) in [6.07, 6.45) is -3.49. The van der Waals surface area contributed by atoms with Crippen LogP contribution in [0, 0.1) is 0 Å². The molecule has 5 rings (SSSR count). The number of rotatable bonds is 13. The lowest BCUT2D eigenvalue weighted by atomic mass is 10.1. The summed E-state index contributed by atoms with van der Waals surface area (Å²) in [5, 5.41) is 23.8. The number of nitrogens with one attached hydrogen (secondary N) is 2. The Morgan fingerprint density at radius 3 is 2.47 bits per heavy atom. The normalized spacial score (nSPS) is 20.3. The van der Waals surface area contributed by atoms with Crippen molar-refractivity contribution >= 4 is 41.8 Å². The number of amides is 1. The molecule has 1 aromatic carbocycles. The number of imidazole rings is 1. The molecule has 5 N–H and O–H groups in total. The molecule has 1 aliphatic rings. The van der Waals surface area contributed by atoms with Crippen LogP contribution < -0.4 is 21.0 Å². The lowest BCUT2D eigenvalue weighted by Gasteiger charge is -2.17. The lowest BCUT2D eigenvalue weighted by molar-refractivity contribution is -0.115. The van der Waals surface area contributed by atoms with Gasteiger partial charge < -0.3 is 33.9 Å². The number of aliphatic hydroxyl groups excluding tert-OH is 2. The summed E-state index contributed by atoms with van der Waals surface area (Å²) in [5.74, 6) is -0.0957. The Hall–Kier alpha value is -4.00. The van der Waals surface area contributed by atoms with Crippen LogP contribution in [0.1, 0.15) is 45.9 Å². The van der Waals surface area contributed by atoms with Gasteiger partial charge in [-0.05, 0) is 31.8 Å². The third kappa shape index (κ3) is 8.97. The molecule has 19 heteroatoms. The number of ether oxygens (including phenoxy) is 2. The number of aromatic nitrogens is 4. The molecule has 18 nitrogen and oxygen atoms in total. The summed E-state index contributed by atoms with van der Waals surface area (Å²) < 4.78 is 39.8. The number of benzene rings is 1. The highest BCUT2D eigenvalue weighted by molar-refractivity contribution is 7.47. The number of anilines is 1. The molecule has 1 unspecified atom stereocenters. The SMILES string of the molecule is CCC(=O)Nc1nc2c(ncn2[C@@H]2O[C@H](COP(=O)(O)OCc3coc4cc(OC)ccc4c3=O)[C@@H](O)[C@H]2O)c(=O)[nH]1.CCN(CC)CC. The van der Waals surface area contributed by atoms with Crippen LogP contribution in [-0.2, 0) is 29.8 Å². The Morgan fingerprint density at radius 2 is 1.84 bits per heavy atom. The molecular formula is C30H41N6O12P. The monoisotopic (exact) mass is 708 g/mol. The fraction of sp³-hybridized carbons (Fsp3) is 0.500. The predicted octanol–water partition coefficient (Wildman–Crippen LogP) is 1.88. The van der Waals surface area contributed by atoms with Crippen molar-refractivity contribution in [2.45, 2.75) is 65.3 Å². The van der Waals surface area contributed by atoms with E-state index in [1.807, 2.05) is 0 Å². The van der Waals surface area contributed by atoms with E-state index in [1.165, 1.54) is 43.4 Å². The molecule has 1 aliphatic heterocycles. The van der Waals surface area contributed by atoms with E-state index in [4.69, 9.17) is 22.9 Å². The molecule has 1 fully saturated rings. The number of hydrogen-bond donors (Lipinski definition) is 5. The Balaban J connectivity index is 0.000000698. The number of hydrogen-bond acceptors (Lipinski definition) is 14. The van der Waals surface area contributed by atoms with Crippen LogP contribution in [0.2, 0.25) is 0 Å². The minimum Gasteiger partial charge on any atom is -0.497 e. The molecule has 3 aromatic heterocycles. The molecule has 0 bridgehead atoms. The average Bonchev–Trinajstić information content (AvgIpc) is 3.64. The molecule has 268 valence electrons. The number of carbonyl (C=O) groups is 1. The summed E-state index contributed by atoms with van der Waals surface area (Å²) in [7, 11) is -3.33. The van der Waals surface area contributed by atoms with Crippen LogP contribution in [-0.4, -0.2) is 97.1 Å². The Kier molecular flexibility index (Phi) is 12.8. The second-order valence-electron chi connectivity index (χ2n) is 10.8. The summed E-state index contributed by atoms with van der Waals surface area (Å²) in [5.41, 5.74) is -1.15. The fourth-order valence-electron chi connectivity index (χ4n) is 4.89. The Labute approximate surface area is 280 Å². The first-order chi connectivity index (χ1) is 23.4. The number of aromatic amines is 1. The number of aliphatic hydroxyl groups is 2. The molecule has 0 saturated carbocycles. The second kappa shape index (κ2) is 16.6. The van der Waals surface area contributed by atoms with Crippen molar-refractivity contribution in [3.63, 3.8) is 0 Å². The Morgan fingerprint density at radius 1 is 1.12 bits per heavy atom. The van der Waals surface area contributed by atoms with E-state index < -0.39 is 62.5 Å². The maximum Gasteiger partial charge on any atom is 0.472 e. The zero-order chi connectivity index (χ0) is 35.9. The lowest BCUT2D eigenvalue weighted by Crippen LogP contribution is -2.33. The van der Waals surface area contributed by atoms with E-state index in [1.54, 1.807) is 13.0 Å². The quantitative estimate of drug-likeness (QED) is 0.125. The van der Waals surface area contributed by atoms with Crippen molar-refractivity contribution < 1.29 is 47.4 Å². The highest BCUT2D eigenvalue weighted by Gasteiger charge is 2.45. The molecular weight excluding hydrogens is 667 g/mol. The number of H-pyrrole nitrogens is 1. The zero-order valence-corrected chi connectivity index (χ0v) is 28.6. The molecule has 4 heterocycles. The third-order valence-electron chi connectivity index (χ3n) is 7.80. The number of phosphoric acid groups is 1. The second-order valence-corrected chi connectivity index (χ2v) is 12.2. The van der Waals surface area contributed by atoms with Gasteiger partial charge in [-0.25, -0.2) is 9.55 Å². The average molecular weight is 709 g/mol. The minimum atomic E-state index is -4.79. The van der Waals surface area contributed by atoms with Crippen molar-refractivity contribution in [2.24, 2.45) is 0 Å². The fourth-order valence-corrected chi connectivity index (χ4v) is 5.60. The van der Waals surface area contributed by atoms with Gasteiger partial charge >= 0.3 is 7.82 Å². The van der Waals surface area contributed by atoms with Crippen LogP contribution in [0.5, 0.6) is 5.75 Å². The van der Waals surface area contributed by atoms with E-state index in [0.29, 0.717) is 5.75 Å². The van der Waals surface area contributed by atoms with Gasteiger partial charge in [-0.1, -0.05) is 27.7 Å². The van der Waals surface area contributed by atoms with Gasteiger partial charge in [0.1, 0.15) is 35.9 Å². The van der Waals surface area contributed by atoms with Crippen LogP contribution in [0.15, 0.2) is 44.8 Å². The number of carbonyl (C=O) groups excluding carboxylic acids is 1. The third-order valence-corrected chi connectivity index (χ3v) is 8.73. The molecule has 5 atom stereocenters. The van der Waals surface area contributed by atoms with Gasteiger partial charge in [0, 0.05) is 12.5 Å². The molecule has 0 spiro atoms. The first kappa shape index (κ1) is 37.8. The number of nitrogens with zero attached hydrogens (tertiary/aromatic N) is 4. The smallest absolute Gasteiger partial charge is 0.472 e. The van der Waals surface area contributed by atoms with Crippen molar-refractivity contribution in [2.75, 3.05) is 38.7 Å². The number of methoxy groups -OCH3 is 1. The molecule has 1 saturated heterocycles. The van der Waals surface area contributed by atoms with Crippen LogP contribution in [0.3, 0.4) is 0 Å². The molecule has 0 aliphatic carbocycles. The van der Waals surface area contributed by atoms with Gasteiger partial charge in [-0.3, -0.25) is 38.3 Å². The first-order valence-electron chi connectivity index (χ1n) is 15.6. The highest BCUT2D eigenvalue weighted by Crippen LogP contribution is 2.45. The van der Waals surface area contributed by atoms with Crippen LogP contribution in [0.4, 0.5) is 5.95 Å². The van der Waals surface area contributed by atoms with Gasteiger partial charge in [0.25, 0.3) is 5.56 Å². The van der Waals surface area contributed by atoms with Gasteiger partial charge in [0.15, 0.2) is 22.8 Å². The summed E-state index contributed by atoms with van der Waals surface area (Å²) >= 11 is 0. The van der Waals surface area contributed by atoms with Gasteiger partial charge in [0.2, 0.25) is 11.9 Å². The number of phosphoric ester groups is 1. The van der Waals surface area contributed by atoms with Crippen LogP contribution >= 0.6 is 7.82 Å². The van der Waals surface area contributed by atoms with Crippen molar-refractivity contribution in [3.05, 3.63) is 56.9 Å². The van der Waals surface area contributed by atoms with E-state index in [-0.39, 0.29) is 40.1 Å². The maximum absolute atomic E-state index is 12.7. The van der Waals surface area contributed by atoms with E-state index in [0.717, 1.165) is 12.6 Å². The van der Waals surface area contributed by atoms with E-state index in [9.17, 15) is 34.1 Å². The highest BCUT2D eigenvalue weighted by atomic mass is 31.2. The van der Waals surface area contributed by atoms with E-state index in [2.05, 4.69) is 45.9 Å². The molecule has 49 heavy (non-hydrogen) atoms. The van der Waals surface area contributed by atoms with Crippen LogP contribution in [0.25, 0.3) is 22.1 Å². The molecule has 1 amide bonds. The van der Waals surface area contributed by atoms with E-state index >= 15 is 0 Å². The van der Waals surface area contributed by atoms with Gasteiger partial charge in [-0.2, -0.15) is 4.98 Å². The van der Waals surface area contributed by atoms with Crippen molar-refractivity contribution in [1.29, 1.82) is 0 Å². The van der Waals surface area contributed by atoms with Gasteiger partial charge in [-0.15, -0.1) is 0 Å².